The van der Waals surface area contributed by atoms with Crippen molar-refractivity contribution in [2.45, 2.75) is 26.7 Å². The zero-order chi connectivity index (χ0) is 12.0. The minimum atomic E-state index is 0.0583. The lowest BCUT2D eigenvalue weighted by molar-refractivity contribution is -0.120. The second-order valence-electron chi connectivity index (χ2n) is 4.34. The Kier molecular flexibility index (Phi) is 5.33. The summed E-state index contributed by atoms with van der Waals surface area (Å²) in [5, 5.41) is 3.57. The molecule has 88 valence electrons. The summed E-state index contributed by atoms with van der Waals surface area (Å²) in [7, 11) is 0. The van der Waals surface area contributed by atoms with Gasteiger partial charge in [-0.15, -0.1) is 0 Å². The minimum absolute atomic E-state index is 0.0583. The summed E-state index contributed by atoms with van der Waals surface area (Å²) < 4.78 is 0. The van der Waals surface area contributed by atoms with E-state index in [-0.39, 0.29) is 5.91 Å². The Morgan fingerprint density at radius 1 is 1.44 bits per heavy atom. The first-order chi connectivity index (χ1) is 7.58. The molecule has 0 aromatic heterocycles. The molecule has 0 spiro atoms. The van der Waals surface area contributed by atoms with Crippen LogP contribution in [0.15, 0.2) is 24.3 Å². The monoisotopic (exact) mass is 239 g/mol. The number of benzene rings is 1. The van der Waals surface area contributed by atoms with E-state index in [0.717, 1.165) is 18.5 Å². The first-order valence-corrected chi connectivity index (χ1v) is 5.97. The predicted molar refractivity (Wildman–Crippen MR) is 67.6 cm³/mol. The molecule has 16 heavy (non-hydrogen) atoms. The van der Waals surface area contributed by atoms with E-state index in [9.17, 15) is 4.79 Å². The Bertz CT molecular complexity index is 350. The van der Waals surface area contributed by atoms with E-state index in [1.54, 1.807) is 0 Å². The lowest BCUT2D eigenvalue weighted by Gasteiger charge is -2.07. The second kappa shape index (κ2) is 6.54. The summed E-state index contributed by atoms with van der Waals surface area (Å²) in [5.41, 5.74) is 0.953. The molecule has 1 amide bonds. The summed E-state index contributed by atoms with van der Waals surface area (Å²) in [5.74, 6) is 0.675. The van der Waals surface area contributed by atoms with Gasteiger partial charge in [0.15, 0.2) is 0 Å². The molecular weight excluding hydrogens is 222 g/mol. The summed E-state index contributed by atoms with van der Waals surface area (Å²) in [6.45, 7) is 5.03. The summed E-state index contributed by atoms with van der Waals surface area (Å²) >= 11 is 5.84. The van der Waals surface area contributed by atoms with Gasteiger partial charge in [0.1, 0.15) is 0 Å². The zero-order valence-corrected chi connectivity index (χ0v) is 10.6. The largest absolute Gasteiger partial charge is 0.356 e. The van der Waals surface area contributed by atoms with Crippen LogP contribution in [-0.2, 0) is 11.2 Å². The molecule has 0 radical (unpaired) electrons. The van der Waals surface area contributed by atoms with Gasteiger partial charge < -0.3 is 5.32 Å². The molecule has 3 heteroatoms. The summed E-state index contributed by atoms with van der Waals surface area (Å²) in [6.07, 6.45) is 1.42. The highest BCUT2D eigenvalue weighted by Crippen LogP contribution is 2.10. The van der Waals surface area contributed by atoms with E-state index in [1.165, 1.54) is 0 Å². The SMILES string of the molecule is CC(C)CCNC(=O)Cc1cccc(Cl)c1. The number of nitrogens with one attached hydrogen (secondary N) is 1. The van der Waals surface area contributed by atoms with Gasteiger partial charge in [0.05, 0.1) is 6.42 Å². The van der Waals surface area contributed by atoms with Gasteiger partial charge >= 0.3 is 0 Å². The highest BCUT2D eigenvalue weighted by atomic mass is 35.5. The van der Waals surface area contributed by atoms with Crippen molar-refractivity contribution in [2.75, 3.05) is 6.54 Å². The minimum Gasteiger partial charge on any atom is -0.356 e. The topological polar surface area (TPSA) is 29.1 Å². The van der Waals surface area contributed by atoms with Crippen LogP contribution in [0.4, 0.5) is 0 Å². The molecule has 0 bridgehead atoms. The summed E-state index contributed by atoms with van der Waals surface area (Å²) in [4.78, 5) is 11.6. The maximum atomic E-state index is 11.6. The third-order valence-corrected chi connectivity index (χ3v) is 2.53. The van der Waals surface area contributed by atoms with Gasteiger partial charge in [-0.3, -0.25) is 4.79 Å². The molecule has 1 N–H and O–H groups in total. The Morgan fingerprint density at radius 3 is 2.81 bits per heavy atom. The lowest BCUT2D eigenvalue weighted by Crippen LogP contribution is -2.26. The molecule has 0 unspecified atom stereocenters. The fourth-order valence-corrected chi connectivity index (χ4v) is 1.61. The van der Waals surface area contributed by atoms with Gasteiger partial charge in [0.2, 0.25) is 5.91 Å². The number of carbonyl (C=O) groups is 1. The second-order valence-corrected chi connectivity index (χ2v) is 4.78. The Hall–Kier alpha value is -1.02. The maximum absolute atomic E-state index is 11.6. The standard InChI is InChI=1S/C13H18ClNO/c1-10(2)6-7-15-13(16)9-11-4-3-5-12(14)8-11/h3-5,8,10H,6-7,9H2,1-2H3,(H,15,16). The van der Waals surface area contributed by atoms with Crippen LogP contribution >= 0.6 is 11.6 Å². The average molecular weight is 240 g/mol. The Labute approximate surface area is 102 Å². The molecule has 0 atom stereocenters. The fraction of sp³-hybridized carbons (Fsp3) is 0.462. The molecule has 1 aromatic carbocycles. The molecule has 0 saturated heterocycles. The van der Waals surface area contributed by atoms with E-state index >= 15 is 0 Å². The van der Waals surface area contributed by atoms with Crippen molar-refractivity contribution in [2.24, 2.45) is 5.92 Å². The molecule has 0 aliphatic rings. The first-order valence-electron chi connectivity index (χ1n) is 5.59. The smallest absolute Gasteiger partial charge is 0.224 e. The van der Waals surface area contributed by atoms with Crippen LogP contribution < -0.4 is 5.32 Å². The Balaban J connectivity index is 2.34. The van der Waals surface area contributed by atoms with Crippen LogP contribution in [-0.4, -0.2) is 12.5 Å². The van der Waals surface area contributed by atoms with Crippen LogP contribution in [0.2, 0.25) is 5.02 Å². The zero-order valence-electron chi connectivity index (χ0n) is 9.79. The Morgan fingerprint density at radius 2 is 2.19 bits per heavy atom. The third kappa shape index (κ3) is 5.17. The molecule has 2 nitrogen and oxygen atoms in total. The van der Waals surface area contributed by atoms with Crippen molar-refractivity contribution >= 4 is 17.5 Å². The molecule has 0 heterocycles. The fourth-order valence-electron chi connectivity index (χ4n) is 1.40. The van der Waals surface area contributed by atoms with Crippen molar-refractivity contribution < 1.29 is 4.79 Å². The van der Waals surface area contributed by atoms with Gasteiger partial charge in [-0.1, -0.05) is 37.6 Å². The van der Waals surface area contributed by atoms with Crippen LogP contribution in [0.5, 0.6) is 0 Å². The van der Waals surface area contributed by atoms with Gasteiger partial charge in [0, 0.05) is 11.6 Å². The molecule has 0 aliphatic carbocycles. The molecule has 0 fully saturated rings. The molecule has 1 aromatic rings. The van der Waals surface area contributed by atoms with Gasteiger partial charge in [-0.25, -0.2) is 0 Å². The number of amides is 1. The van der Waals surface area contributed by atoms with E-state index in [4.69, 9.17) is 11.6 Å². The third-order valence-electron chi connectivity index (χ3n) is 2.30. The predicted octanol–water partition coefficient (Wildman–Crippen LogP) is 3.04. The quantitative estimate of drug-likeness (QED) is 0.841. The lowest BCUT2D eigenvalue weighted by atomic mass is 10.1. The maximum Gasteiger partial charge on any atom is 0.224 e. The van der Waals surface area contributed by atoms with Crippen LogP contribution in [0.25, 0.3) is 0 Å². The van der Waals surface area contributed by atoms with Crippen molar-refractivity contribution in [3.8, 4) is 0 Å². The van der Waals surface area contributed by atoms with E-state index in [2.05, 4.69) is 19.2 Å². The van der Waals surface area contributed by atoms with E-state index in [0.29, 0.717) is 17.4 Å². The van der Waals surface area contributed by atoms with Crippen molar-refractivity contribution in [1.82, 2.24) is 5.32 Å². The highest BCUT2D eigenvalue weighted by Gasteiger charge is 2.03. The van der Waals surface area contributed by atoms with Crippen molar-refractivity contribution in [3.05, 3.63) is 34.9 Å². The molecule has 1 rings (SSSR count). The normalized spacial score (nSPS) is 10.5. The average Bonchev–Trinajstić information content (AvgIpc) is 2.16. The molecular formula is C13H18ClNO. The molecule has 0 aliphatic heterocycles. The molecule has 0 saturated carbocycles. The van der Waals surface area contributed by atoms with Crippen molar-refractivity contribution in [3.63, 3.8) is 0 Å². The van der Waals surface area contributed by atoms with Crippen molar-refractivity contribution in [1.29, 1.82) is 0 Å². The highest BCUT2D eigenvalue weighted by molar-refractivity contribution is 6.30. The number of halogens is 1. The summed E-state index contributed by atoms with van der Waals surface area (Å²) in [6, 6.07) is 7.40. The number of carbonyl (C=O) groups excluding carboxylic acids is 1. The van der Waals surface area contributed by atoms with Gasteiger partial charge in [-0.05, 0) is 30.0 Å². The number of hydrogen-bond acceptors (Lipinski definition) is 1. The van der Waals surface area contributed by atoms with E-state index < -0.39 is 0 Å². The number of hydrogen-bond donors (Lipinski definition) is 1. The van der Waals surface area contributed by atoms with Crippen LogP contribution in [0, 0.1) is 5.92 Å². The van der Waals surface area contributed by atoms with Gasteiger partial charge in [-0.2, -0.15) is 0 Å². The van der Waals surface area contributed by atoms with E-state index in [1.807, 2.05) is 24.3 Å². The van der Waals surface area contributed by atoms with Gasteiger partial charge in [0.25, 0.3) is 0 Å². The first kappa shape index (κ1) is 13.0. The van der Waals surface area contributed by atoms with Crippen LogP contribution in [0.3, 0.4) is 0 Å². The van der Waals surface area contributed by atoms with Crippen LogP contribution in [0.1, 0.15) is 25.8 Å². The number of rotatable bonds is 5.